The fraction of sp³-hybridized carbons (Fsp3) is 0.867. The summed E-state index contributed by atoms with van der Waals surface area (Å²) in [5, 5.41) is 6.29. The first-order chi connectivity index (χ1) is 10.1. The number of carbonyl (C=O) groups excluding carboxylic acids is 2. The standard InChI is InChI=1S/C15H28N2O4/c1-20-12-15(7-10-16-11-8-15)14(19)17-9-5-3-4-6-13(18)21-2/h16H,3-12H2,1-2H3,(H,17,19). The summed E-state index contributed by atoms with van der Waals surface area (Å²) in [7, 11) is 3.04. The van der Waals surface area contributed by atoms with Gasteiger partial charge in [0.25, 0.3) is 0 Å². The lowest BCUT2D eigenvalue weighted by Crippen LogP contribution is -2.50. The number of methoxy groups -OCH3 is 2. The second-order valence-electron chi connectivity index (χ2n) is 5.61. The smallest absolute Gasteiger partial charge is 0.305 e. The quantitative estimate of drug-likeness (QED) is 0.488. The van der Waals surface area contributed by atoms with Crippen LogP contribution in [0.4, 0.5) is 0 Å². The van der Waals surface area contributed by atoms with Crippen LogP contribution in [-0.4, -0.2) is 52.3 Å². The van der Waals surface area contributed by atoms with Gasteiger partial charge >= 0.3 is 5.97 Å². The fourth-order valence-electron chi connectivity index (χ4n) is 2.68. The molecule has 0 aromatic carbocycles. The van der Waals surface area contributed by atoms with E-state index in [1.807, 2.05) is 0 Å². The summed E-state index contributed by atoms with van der Waals surface area (Å²) in [4.78, 5) is 23.4. The van der Waals surface area contributed by atoms with Gasteiger partial charge in [-0.05, 0) is 38.8 Å². The molecule has 0 aliphatic carbocycles. The molecular formula is C15H28N2O4. The van der Waals surface area contributed by atoms with Gasteiger partial charge in [0, 0.05) is 20.1 Å². The predicted octanol–water partition coefficient (Wildman–Crippen LogP) is 0.852. The number of nitrogens with one attached hydrogen (secondary N) is 2. The highest BCUT2D eigenvalue weighted by Gasteiger charge is 2.39. The molecule has 21 heavy (non-hydrogen) atoms. The molecule has 0 spiro atoms. The maximum absolute atomic E-state index is 12.4. The molecule has 0 bridgehead atoms. The zero-order chi connectivity index (χ0) is 15.6. The summed E-state index contributed by atoms with van der Waals surface area (Å²) in [6, 6.07) is 0. The molecule has 2 N–H and O–H groups in total. The van der Waals surface area contributed by atoms with Gasteiger partial charge in [-0.25, -0.2) is 0 Å². The molecule has 1 rings (SSSR count). The minimum absolute atomic E-state index is 0.0961. The Labute approximate surface area is 126 Å². The third-order valence-corrected chi connectivity index (χ3v) is 4.03. The average Bonchev–Trinajstić information content (AvgIpc) is 2.51. The van der Waals surface area contributed by atoms with Crippen LogP contribution in [-0.2, 0) is 19.1 Å². The number of amides is 1. The number of esters is 1. The van der Waals surface area contributed by atoms with E-state index < -0.39 is 0 Å². The van der Waals surface area contributed by atoms with Gasteiger partial charge in [0.15, 0.2) is 0 Å². The molecule has 0 radical (unpaired) electrons. The van der Waals surface area contributed by atoms with Gasteiger partial charge in [-0.3, -0.25) is 9.59 Å². The summed E-state index contributed by atoms with van der Waals surface area (Å²) < 4.78 is 9.84. The van der Waals surface area contributed by atoms with Crippen LogP contribution in [0.15, 0.2) is 0 Å². The number of ether oxygens (including phenoxy) is 2. The van der Waals surface area contributed by atoms with Gasteiger partial charge in [-0.2, -0.15) is 0 Å². The molecule has 0 aromatic heterocycles. The van der Waals surface area contributed by atoms with E-state index in [2.05, 4.69) is 15.4 Å². The molecule has 6 nitrogen and oxygen atoms in total. The predicted molar refractivity (Wildman–Crippen MR) is 79.9 cm³/mol. The average molecular weight is 300 g/mol. The van der Waals surface area contributed by atoms with Crippen molar-refractivity contribution in [3.05, 3.63) is 0 Å². The molecule has 1 aliphatic rings. The zero-order valence-corrected chi connectivity index (χ0v) is 13.2. The maximum Gasteiger partial charge on any atom is 0.305 e. The van der Waals surface area contributed by atoms with E-state index in [1.165, 1.54) is 7.11 Å². The van der Waals surface area contributed by atoms with Gasteiger partial charge in [-0.1, -0.05) is 6.42 Å². The number of piperidine rings is 1. The third-order valence-electron chi connectivity index (χ3n) is 4.03. The lowest BCUT2D eigenvalue weighted by Gasteiger charge is -2.35. The minimum Gasteiger partial charge on any atom is -0.469 e. The van der Waals surface area contributed by atoms with E-state index in [0.717, 1.165) is 45.2 Å². The molecule has 1 amide bonds. The number of hydrogen-bond acceptors (Lipinski definition) is 5. The van der Waals surface area contributed by atoms with Crippen molar-refractivity contribution >= 4 is 11.9 Å². The molecule has 1 fully saturated rings. The van der Waals surface area contributed by atoms with Crippen LogP contribution in [0.2, 0.25) is 0 Å². The number of unbranched alkanes of at least 4 members (excludes halogenated alkanes) is 2. The number of hydrogen-bond donors (Lipinski definition) is 2. The molecule has 0 aromatic rings. The molecule has 0 unspecified atom stereocenters. The van der Waals surface area contributed by atoms with Crippen LogP contribution in [0.3, 0.4) is 0 Å². The van der Waals surface area contributed by atoms with Crippen molar-refractivity contribution in [3.8, 4) is 0 Å². The summed E-state index contributed by atoms with van der Waals surface area (Å²) >= 11 is 0. The maximum atomic E-state index is 12.4. The van der Waals surface area contributed by atoms with Crippen molar-refractivity contribution in [3.63, 3.8) is 0 Å². The molecule has 122 valence electrons. The van der Waals surface area contributed by atoms with E-state index in [9.17, 15) is 9.59 Å². The zero-order valence-electron chi connectivity index (χ0n) is 13.2. The highest BCUT2D eigenvalue weighted by molar-refractivity contribution is 5.83. The highest BCUT2D eigenvalue weighted by atomic mass is 16.5. The Morgan fingerprint density at radius 3 is 2.48 bits per heavy atom. The van der Waals surface area contributed by atoms with Gasteiger partial charge in [0.1, 0.15) is 0 Å². The molecule has 1 aliphatic heterocycles. The Bertz CT molecular complexity index is 322. The van der Waals surface area contributed by atoms with Crippen molar-refractivity contribution < 1.29 is 19.1 Å². The third kappa shape index (κ3) is 6.01. The second-order valence-corrected chi connectivity index (χ2v) is 5.61. The van der Waals surface area contributed by atoms with Gasteiger partial charge < -0.3 is 20.1 Å². The van der Waals surface area contributed by atoms with Crippen molar-refractivity contribution in [2.45, 2.75) is 38.5 Å². The number of rotatable bonds is 9. The van der Waals surface area contributed by atoms with Crippen molar-refractivity contribution in [2.75, 3.05) is 40.5 Å². The summed E-state index contributed by atoms with van der Waals surface area (Å²) in [6.07, 6.45) is 4.67. The van der Waals surface area contributed by atoms with Crippen molar-refractivity contribution in [1.29, 1.82) is 0 Å². The largest absolute Gasteiger partial charge is 0.469 e. The molecule has 1 saturated heterocycles. The van der Waals surface area contributed by atoms with Crippen LogP contribution >= 0.6 is 0 Å². The van der Waals surface area contributed by atoms with Crippen molar-refractivity contribution in [1.82, 2.24) is 10.6 Å². The van der Waals surface area contributed by atoms with Crippen LogP contribution < -0.4 is 10.6 Å². The van der Waals surface area contributed by atoms with Crippen LogP contribution in [0.5, 0.6) is 0 Å². The van der Waals surface area contributed by atoms with E-state index >= 15 is 0 Å². The molecule has 6 heteroatoms. The highest BCUT2D eigenvalue weighted by Crippen LogP contribution is 2.29. The van der Waals surface area contributed by atoms with Crippen LogP contribution in [0.1, 0.15) is 38.5 Å². The van der Waals surface area contributed by atoms with E-state index in [1.54, 1.807) is 7.11 Å². The number of carbonyl (C=O) groups is 2. The fourth-order valence-corrected chi connectivity index (χ4v) is 2.68. The molecule has 0 saturated carbocycles. The Kier molecular flexibility index (Phi) is 8.30. The monoisotopic (exact) mass is 300 g/mol. The van der Waals surface area contributed by atoms with Gasteiger partial charge in [0.2, 0.25) is 5.91 Å². The van der Waals surface area contributed by atoms with Gasteiger partial charge in [0.05, 0.1) is 19.1 Å². The summed E-state index contributed by atoms with van der Waals surface area (Å²) in [6.45, 7) is 2.84. The SMILES string of the molecule is COCC1(C(=O)NCCCCCC(=O)OC)CCNCC1. The van der Waals surface area contributed by atoms with E-state index in [0.29, 0.717) is 19.6 Å². The topological polar surface area (TPSA) is 76.7 Å². The Balaban J connectivity index is 2.23. The first kappa shape index (κ1) is 17.9. The van der Waals surface area contributed by atoms with E-state index in [4.69, 9.17) is 4.74 Å². The summed E-state index contributed by atoms with van der Waals surface area (Å²) in [5.74, 6) is -0.0772. The minimum atomic E-state index is -0.383. The van der Waals surface area contributed by atoms with E-state index in [-0.39, 0.29) is 17.3 Å². The Morgan fingerprint density at radius 2 is 1.86 bits per heavy atom. The first-order valence-electron chi connectivity index (χ1n) is 7.69. The van der Waals surface area contributed by atoms with Crippen LogP contribution in [0.25, 0.3) is 0 Å². The molecular weight excluding hydrogens is 272 g/mol. The molecule has 0 atom stereocenters. The first-order valence-corrected chi connectivity index (χ1v) is 7.69. The van der Waals surface area contributed by atoms with Crippen LogP contribution in [0, 0.1) is 5.41 Å². The van der Waals surface area contributed by atoms with Crippen molar-refractivity contribution in [2.24, 2.45) is 5.41 Å². The second kappa shape index (κ2) is 9.73. The van der Waals surface area contributed by atoms with Gasteiger partial charge in [-0.15, -0.1) is 0 Å². The lowest BCUT2D eigenvalue weighted by molar-refractivity contribution is -0.140. The molecule has 1 heterocycles. The Hall–Kier alpha value is -1.14. The normalized spacial score (nSPS) is 17.2. The Morgan fingerprint density at radius 1 is 1.14 bits per heavy atom. The summed E-state index contributed by atoms with van der Waals surface area (Å²) in [5.41, 5.74) is -0.383. The lowest BCUT2D eigenvalue weighted by atomic mass is 9.78.